The molecule has 0 radical (unpaired) electrons. The van der Waals surface area contributed by atoms with Gasteiger partial charge in [-0.15, -0.1) is 0 Å². The molecule has 5 unspecified atom stereocenters. The van der Waals surface area contributed by atoms with E-state index in [1.807, 2.05) is 0 Å². The third-order valence-electron chi connectivity index (χ3n) is 12.9. The van der Waals surface area contributed by atoms with Crippen molar-refractivity contribution in [3.05, 3.63) is 205 Å². The molecule has 2 nitrogen and oxygen atoms in total. The maximum atomic E-state index is 6.44. The summed E-state index contributed by atoms with van der Waals surface area (Å²) in [6.45, 7) is 0. The van der Waals surface area contributed by atoms with Crippen molar-refractivity contribution in [1.29, 1.82) is 0 Å². The summed E-state index contributed by atoms with van der Waals surface area (Å²) < 4.78 is 16.0. The molecule has 4 heterocycles. The summed E-state index contributed by atoms with van der Waals surface area (Å²) in [4.78, 5) is 1.49. The second kappa shape index (κ2) is 13.0. The van der Waals surface area contributed by atoms with Crippen molar-refractivity contribution in [3.63, 3.8) is 0 Å². The van der Waals surface area contributed by atoms with Crippen molar-refractivity contribution in [2.75, 3.05) is 0 Å². The average molecular weight is 876 g/mol. The second-order valence-corrected chi connectivity index (χ2v) is 20.2. The smallest absolute Gasteiger partial charge is 0.0622 e. The van der Waals surface area contributed by atoms with E-state index in [1.54, 1.807) is 12.7 Å². The Morgan fingerprint density at radius 3 is 2.24 bits per heavy atom. The number of hydrogen-bond acceptors (Lipinski definition) is 3. The van der Waals surface area contributed by atoms with Crippen LogP contribution in [0, 0.1) is 7.14 Å². The van der Waals surface area contributed by atoms with Crippen LogP contribution in [0.2, 0.25) is 0 Å². The van der Waals surface area contributed by atoms with Crippen LogP contribution in [-0.4, -0.2) is 11.4 Å². The van der Waals surface area contributed by atoms with Gasteiger partial charge in [0.25, 0.3) is 0 Å². The number of furan rings is 1. The van der Waals surface area contributed by atoms with Gasteiger partial charge in [0.2, 0.25) is 0 Å². The van der Waals surface area contributed by atoms with Crippen LogP contribution in [0.3, 0.4) is 0 Å². The first-order chi connectivity index (χ1) is 28.7. The summed E-state index contributed by atoms with van der Waals surface area (Å²) in [5.41, 5.74) is 16.6. The van der Waals surface area contributed by atoms with Crippen LogP contribution in [0.25, 0.3) is 60.9 Å². The molecule has 0 spiro atoms. The number of hydrogen-bond donors (Lipinski definition) is 0. The maximum absolute atomic E-state index is 6.44. The molecule has 2 aliphatic carbocycles. The zero-order valence-electron chi connectivity index (χ0n) is 31.4. The molecular formula is C54H36IO2S-. The van der Waals surface area contributed by atoms with Crippen LogP contribution in [0.4, 0.5) is 0 Å². The van der Waals surface area contributed by atoms with Crippen LogP contribution in [-0.2, 0) is 0 Å². The quantitative estimate of drug-likeness (QED) is 0.130. The Balaban J connectivity index is 0.812. The number of benzene rings is 7. The van der Waals surface area contributed by atoms with E-state index in [4.69, 9.17) is 9.15 Å². The number of allylic oxidation sites excluding steroid dienone is 3. The Morgan fingerprint density at radius 2 is 1.36 bits per heavy atom. The Labute approximate surface area is 352 Å². The predicted molar refractivity (Wildman–Crippen MR) is 233 cm³/mol. The molecule has 5 atom stereocenters. The zero-order chi connectivity index (χ0) is 37.9. The molecule has 278 valence electrons. The molecule has 1 aromatic heterocycles. The summed E-state index contributed by atoms with van der Waals surface area (Å²) in [6.07, 6.45) is 13.0. The van der Waals surface area contributed by atoms with Crippen LogP contribution < -0.4 is 25.9 Å². The van der Waals surface area contributed by atoms with Crippen LogP contribution in [0.15, 0.2) is 185 Å². The molecule has 58 heavy (non-hydrogen) atoms. The molecule has 0 saturated carbocycles. The van der Waals surface area contributed by atoms with E-state index in [9.17, 15) is 0 Å². The van der Waals surface area contributed by atoms with E-state index in [0.717, 1.165) is 23.3 Å². The topological polar surface area (TPSA) is 22.4 Å². The van der Waals surface area contributed by atoms with Crippen LogP contribution in [0.5, 0.6) is 5.75 Å². The Morgan fingerprint density at radius 1 is 0.603 bits per heavy atom. The molecule has 4 heteroatoms. The normalized spacial score (nSPS) is 22.0. The molecular weight excluding hydrogens is 840 g/mol. The predicted octanol–water partition coefficient (Wildman–Crippen LogP) is 10.8. The SMILES string of the molecule is C1=CC2Oc3ccc(-c4ccc5c(c4)-c4ccc6c(c4[I-]5)C4CC(c5ccc7oc8ccc(-c9ccccc9)cc8c7c5)C=CC4S6)cc3C2C=C1c1ccccc1. The Bertz CT molecular complexity index is 3100. The van der Waals surface area contributed by atoms with Gasteiger partial charge in [-0.1, -0.05) is 48.5 Å². The van der Waals surface area contributed by atoms with E-state index < -0.39 is 0 Å². The molecule has 0 bridgehead atoms. The summed E-state index contributed by atoms with van der Waals surface area (Å²) in [6, 6.07) is 53.8. The summed E-state index contributed by atoms with van der Waals surface area (Å²) >= 11 is 1.80. The van der Waals surface area contributed by atoms with Gasteiger partial charge in [0.1, 0.15) is 0 Å². The molecule has 5 aliphatic rings. The standard InChI is InChI=1S/C54H36IO2S/c1-3-7-31(8-4-1)33-12-19-47-41(26-33)43-28-36(14-21-49(43)56-47)35-11-18-46-40(25-35)39-17-24-52-53(54(39)55-46)45-30-38(16-23-51(45)58-52)37-15-22-50-44(29-37)42-27-34(13-20-48(42)57-50)32-9-5-2-6-10-32/h1-29,38,41,45,47,51H,30H2/q-1. The van der Waals surface area contributed by atoms with Gasteiger partial charge in [0.15, 0.2) is 0 Å². The molecule has 0 saturated heterocycles. The summed E-state index contributed by atoms with van der Waals surface area (Å²) in [5.74, 6) is 2.10. The van der Waals surface area contributed by atoms with E-state index in [2.05, 4.69) is 188 Å². The van der Waals surface area contributed by atoms with Gasteiger partial charge in [0, 0.05) is 0 Å². The molecule has 0 N–H and O–H groups in total. The first-order valence-electron chi connectivity index (χ1n) is 20.3. The number of ether oxygens (including phenoxy) is 1. The van der Waals surface area contributed by atoms with Gasteiger partial charge in [0.05, 0.1) is 0 Å². The second-order valence-electron chi connectivity index (χ2n) is 16.2. The van der Waals surface area contributed by atoms with Crippen molar-refractivity contribution >= 4 is 39.3 Å². The van der Waals surface area contributed by atoms with E-state index in [-0.39, 0.29) is 33.2 Å². The third kappa shape index (κ3) is 5.24. The van der Waals surface area contributed by atoms with Gasteiger partial charge in [-0.25, -0.2) is 0 Å². The number of halogens is 1. The minimum Gasteiger partial charge on any atom is -0.0622 e. The van der Waals surface area contributed by atoms with Gasteiger partial charge >= 0.3 is 306 Å². The molecule has 3 aliphatic heterocycles. The van der Waals surface area contributed by atoms with E-state index >= 15 is 0 Å². The molecule has 0 amide bonds. The zero-order valence-corrected chi connectivity index (χ0v) is 34.4. The summed E-state index contributed by atoms with van der Waals surface area (Å²) in [5, 5.41) is 2.89. The molecule has 13 rings (SSSR count). The summed E-state index contributed by atoms with van der Waals surface area (Å²) in [7, 11) is 0. The van der Waals surface area contributed by atoms with Gasteiger partial charge in [-0.3, -0.25) is 0 Å². The monoisotopic (exact) mass is 875 g/mol. The first kappa shape index (κ1) is 33.4. The molecule has 7 aromatic carbocycles. The minimum atomic E-state index is -0.278. The fourth-order valence-corrected chi connectivity index (χ4v) is 15.0. The fraction of sp³-hybridized carbons (Fsp3) is 0.111. The third-order valence-corrected chi connectivity index (χ3v) is 17.5. The van der Waals surface area contributed by atoms with E-state index in [1.165, 1.54) is 71.3 Å². The average Bonchev–Trinajstić information content (AvgIpc) is 4.05. The number of rotatable bonds is 4. The van der Waals surface area contributed by atoms with E-state index in [0.29, 0.717) is 17.1 Å². The van der Waals surface area contributed by atoms with Crippen molar-refractivity contribution in [2.45, 2.75) is 40.4 Å². The Kier molecular flexibility index (Phi) is 7.47. The minimum absolute atomic E-state index is 0.0500. The number of thioether (sulfide) groups is 1. The molecule has 0 fully saturated rings. The van der Waals surface area contributed by atoms with Gasteiger partial charge in [-0.05, 0) is 0 Å². The van der Waals surface area contributed by atoms with Crippen molar-refractivity contribution < 1.29 is 30.4 Å². The van der Waals surface area contributed by atoms with Crippen molar-refractivity contribution in [2.24, 2.45) is 0 Å². The number of fused-ring (bicyclic) bond motifs is 13. The first-order valence-corrected chi connectivity index (χ1v) is 23.3. The van der Waals surface area contributed by atoms with Crippen LogP contribution in [0.1, 0.15) is 46.4 Å². The molecule has 8 aromatic rings. The fourth-order valence-electron chi connectivity index (χ4n) is 10.0. The van der Waals surface area contributed by atoms with Crippen molar-refractivity contribution in [3.8, 4) is 39.1 Å². The van der Waals surface area contributed by atoms with Gasteiger partial charge in [-0.2, -0.15) is 0 Å². The van der Waals surface area contributed by atoms with Crippen molar-refractivity contribution in [1.82, 2.24) is 0 Å². The van der Waals surface area contributed by atoms with Gasteiger partial charge < -0.3 is 0 Å². The Hall–Kier alpha value is -5.56. The van der Waals surface area contributed by atoms with Crippen LogP contribution >= 0.6 is 11.8 Å².